The molecule has 23 heavy (non-hydrogen) atoms. The first-order valence-corrected chi connectivity index (χ1v) is 8.10. The molecule has 2 aromatic carbocycles. The highest BCUT2D eigenvalue weighted by Gasteiger charge is 2.12. The smallest absolute Gasteiger partial charge is 0.248 e. The molecule has 0 unspecified atom stereocenters. The molecule has 0 spiro atoms. The molecule has 1 amide bonds. The van der Waals surface area contributed by atoms with Gasteiger partial charge in [-0.05, 0) is 56.7 Å². The van der Waals surface area contributed by atoms with E-state index >= 15 is 0 Å². The molecule has 0 heterocycles. The number of amides is 1. The van der Waals surface area contributed by atoms with Gasteiger partial charge in [0.15, 0.2) is 0 Å². The minimum absolute atomic E-state index is 0.106. The number of anilines is 1. The van der Waals surface area contributed by atoms with E-state index in [0.29, 0.717) is 10.2 Å². The lowest BCUT2D eigenvalue weighted by Crippen LogP contribution is -2.10. The van der Waals surface area contributed by atoms with Crippen molar-refractivity contribution in [3.05, 3.63) is 70.0 Å². The van der Waals surface area contributed by atoms with Crippen molar-refractivity contribution in [2.45, 2.75) is 26.2 Å². The van der Waals surface area contributed by atoms with E-state index in [0.717, 1.165) is 5.56 Å². The van der Waals surface area contributed by atoms with Crippen LogP contribution in [0, 0.1) is 5.82 Å². The number of nitrogens with one attached hydrogen (secondary N) is 1. The summed E-state index contributed by atoms with van der Waals surface area (Å²) in [5.41, 5.74) is 2.83. The van der Waals surface area contributed by atoms with Gasteiger partial charge in [0, 0.05) is 10.5 Å². The van der Waals surface area contributed by atoms with Crippen LogP contribution in [-0.2, 0) is 10.2 Å². The van der Waals surface area contributed by atoms with E-state index in [9.17, 15) is 9.18 Å². The summed E-state index contributed by atoms with van der Waals surface area (Å²) < 4.78 is 13.5. The lowest BCUT2D eigenvalue weighted by molar-refractivity contribution is -0.111. The van der Waals surface area contributed by atoms with Crippen LogP contribution in [0.25, 0.3) is 6.08 Å². The number of rotatable bonds is 3. The van der Waals surface area contributed by atoms with E-state index in [1.54, 1.807) is 6.08 Å². The van der Waals surface area contributed by atoms with Crippen LogP contribution in [-0.4, -0.2) is 5.91 Å². The maximum atomic E-state index is 13.0. The standard InChI is InChI=1S/C19H19BrFNO/c1-19(2,3)14-7-4-13(5-8-14)6-11-18(23)22-17-10-9-15(21)12-16(17)20/h4-12H,1-3H3,(H,22,23). The van der Waals surface area contributed by atoms with E-state index in [4.69, 9.17) is 0 Å². The molecule has 120 valence electrons. The molecular formula is C19H19BrFNO. The molecule has 4 heteroatoms. The summed E-state index contributed by atoms with van der Waals surface area (Å²) in [6.07, 6.45) is 3.21. The summed E-state index contributed by atoms with van der Waals surface area (Å²) in [4.78, 5) is 11.9. The van der Waals surface area contributed by atoms with Gasteiger partial charge < -0.3 is 5.32 Å². The Labute approximate surface area is 144 Å². The molecule has 0 atom stereocenters. The van der Waals surface area contributed by atoms with Gasteiger partial charge >= 0.3 is 0 Å². The Morgan fingerprint density at radius 1 is 1.13 bits per heavy atom. The fraction of sp³-hybridized carbons (Fsp3) is 0.211. The molecule has 0 aliphatic carbocycles. The zero-order valence-electron chi connectivity index (χ0n) is 13.4. The fourth-order valence-corrected chi connectivity index (χ4v) is 2.48. The SMILES string of the molecule is CC(C)(C)c1ccc(C=CC(=O)Nc2ccc(F)cc2Br)cc1. The summed E-state index contributed by atoms with van der Waals surface area (Å²) in [5.74, 6) is -0.624. The molecule has 0 bridgehead atoms. The lowest BCUT2D eigenvalue weighted by Gasteiger charge is -2.18. The van der Waals surface area contributed by atoms with Gasteiger partial charge in [0.1, 0.15) is 5.82 Å². The highest BCUT2D eigenvalue weighted by molar-refractivity contribution is 9.10. The topological polar surface area (TPSA) is 29.1 Å². The quantitative estimate of drug-likeness (QED) is 0.701. The predicted molar refractivity (Wildman–Crippen MR) is 96.9 cm³/mol. The number of halogens is 2. The largest absolute Gasteiger partial charge is 0.321 e. The predicted octanol–water partition coefficient (Wildman–Crippen LogP) is 5.54. The van der Waals surface area contributed by atoms with Gasteiger partial charge in [-0.25, -0.2) is 4.39 Å². The van der Waals surface area contributed by atoms with Crippen molar-refractivity contribution in [2.75, 3.05) is 5.32 Å². The van der Waals surface area contributed by atoms with E-state index < -0.39 is 0 Å². The first kappa shape index (κ1) is 17.4. The number of carbonyl (C=O) groups is 1. The molecule has 0 aromatic heterocycles. The summed E-state index contributed by atoms with van der Waals surface area (Å²) >= 11 is 3.22. The normalized spacial score (nSPS) is 11.7. The van der Waals surface area contributed by atoms with Crippen molar-refractivity contribution in [3.8, 4) is 0 Å². The Hall–Kier alpha value is -1.94. The van der Waals surface area contributed by atoms with E-state index in [1.807, 2.05) is 12.1 Å². The van der Waals surface area contributed by atoms with Crippen molar-refractivity contribution in [3.63, 3.8) is 0 Å². The fourth-order valence-electron chi connectivity index (χ4n) is 2.03. The van der Waals surface area contributed by atoms with Crippen LogP contribution in [0.1, 0.15) is 31.9 Å². The average Bonchev–Trinajstić information content (AvgIpc) is 2.47. The summed E-state index contributed by atoms with van der Waals surface area (Å²) in [6, 6.07) is 12.2. The Morgan fingerprint density at radius 2 is 1.78 bits per heavy atom. The van der Waals surface area contributed by atoms with E-state index in [1.165, 1.54) is 29.8 Å². The van der Waals surface area contributed by atoms with E-state index in [-0.39, 0.29) is 17.1 Å². The van der Waals surface area contributed by atoms with Crippen molar-refractivity contribution < 1.29 is 9.18 Å². The maximum Gasteiger partial charge on any atom is 0.248 e. The van der Waals surface area contributed by atoms with Crippen molar-refractivity contribution in [2.24, 2.45) is 0 Å². The van der Waals surface area contributed by atoms with Crippen LogP contribution >= 0.6 is 15.9 Å². The average molecular weight is 376 g/mol. The number of hydrogen-bond acceptors (Lipinski definition) is 1. The Balaban J connectivity index is 2.03. The number of hydrogen-bond donors (Lipinski definition) is 1. The van der Waals surface area contributed by atoms with Gasteiger partial charge in [0.25, 0.3) is 0 Å². The molecule has 0 radical (unpaired) electrons. The van der Waals surface area contributed by atoms with Crippen molar-refractivity contribution in [1.29, 1.82) is 0 Å². The molecule has 0 fully saturated rings. The first-order chi connectivity index (χ1) is 10.8. The van der Waals surface area contributed by atoms with Crippen LogP contribution < -0.4 is 5.32 Å². The van der Waals surface area contributed by atoms with Gasteiger partial charge in [-0.2, -0.15) is 0 Å². The summed E-state index contributed by atoms with van der Waals surface area (Å²) in [7, 11) is 0. The first-order valence-electron chi connectivity index (χ1n) is 7.30. The Morgan fingerprint density at radius 3 is 2.35 bits per heavy atom. The summed E-state index contributed by atoms with van der Waals surface area (Å²) in [5, 5.41) is 2.70. The van der Waals surface area contributed by atoms with Crippen LogP contribution in [0.2, 0.25) is 0 Å². The van der Waals surface area contributed by atoms with Crippen molar-refractivity contribution >= 4 is 33.6 Å². The number of carbonyl (C=O) groups excluding carboxylic acids is 1. The second-order valence-corrected chi connectivity index (χ2v) is 7.17. The van der Waals surface area contributed by atoms with Gasteiger partial charge in [0.05, 0.1) is 5.69 Å². The van der Waals surface area contributed by atoms with Crippen LogP contribution in [0.4, 0.5) is 10.1 Å². The van der Waals surface area contributed by atoms with E-state index in [2.05, 4.69) is 54.2 Å². The third-order valence-electron chi connectivity index (χ3n) is 3.39. The van der Waals surface area contributed by atoms with Crippen LogP contribution in [0.3, 0.4) is 0 Å². The summed E-state index contributed by atoms with van der Waals surface area (Å²) in [6.45, 7) is 6.48. The Bertz CT molecular complexity index is 730. The highest BCUT2D eigenvalue weighted by Crippen LogP contribution is 2.24. The molecule has 0 aliphatic heterocycles. The minimum Gasteiger partial charge on any atom is -0.321 e. The Kier molecular flexibility index (Phi) is 5.37. The lowest BCUT2D eigenvalue weighted by atomic mass is 9.87. The minimum atomic E-state index is -0.357. The third-order valence-corrected chi connectivity index (χ3v) is 4.05. The van der Waals surface area contributed by atoms with Crippen LogP contribution in [0.15, 0.2) is 53.0 Å². The van der Waals surface area contributed by atoms with Gasteiger partial charge in [-0.3, -0.25) is 4.79 Å². The monoisotopic (exact) mass is 375 g/mol. The molecule has 1 N–H and O–H groups in total. The van der Waals surface area contributed by atoms with Gasteiger partial charge in [0.2, 0.25) is 5.91 Å². The second-order valence-electron chi connectivity index (χ2n) is 6.32. The van der Waals surface area contributed by atoms with Gasteiger partial charge in [-0.1, -0.05) is 45.0 Å². The molecule has 2 nitrogen and oxygen atoms in total. The third kappa shape index (κ3) is 5.03. The molecule has 2 aromatic rings. The molecule has 0 saturated carbocycles. The van der Waals surface area contributed by atoms with Crippen LogP contribution in [0.5, 0.6) is 0 Å². The van der Waals surface area contributed by atoms with Crippen molar-refractivity contribution in [1.82, 2.24) is 0 Å². The number of benzene rings is 2. The molecule has 0 aliphatic rings. The van der Waals surface area contributed by atoms with Gasteiger partial charge in [-0.15, -0.1) is 0 Å². The molecular weight excluding hydrogens is 357 g/mol. The zero-order valence-corrected chi connectivity index (χ0v) is 14.9. The zero-order chi connectivity index (χ0) is 17.0. The second kappa shape index (κ2) is 7.09. The highest BCUT2D eigenvalue weighted by atomic mass is 79.9. The maximum absolute atomic E-state index is 13.0. The molecule has 2 rings (SSSR count). The molecule has 0 saturated heterocycles.